The van der Waals surface area contributed by atoms with Crippen LogP contribution in [-0.4, -0.2) is 42.2 Å². The van der Waals surface area contributed by atoms with Gasteiger partial charge in [-0.25, -0.2) is 9.97 Å². The van der Waals surface area contributed by atoms with E-state index in [1.807, 2.05) is 12.1 Å². The molecular formula is C23H22ClN5O2. The molecule has 1 amide bonds. The molecule has 4 rings (SSSR count). The van der Waals surface area contributed by atoms with Gasteiger partial charge in [-0.1, -0.05) is 24.2 Å². The molecule has 1 fully saturated rings. The molecule has 3 aromatic rings. The first kappa shape index (κ1) is 20.8. The van der Waals surface area contributed by atoms with Gasteiger partial charge in [0.2, 0.25) is 11.9 Å². The number of benzene rings is 2. The molecule has 1 saturated heterocycles. The molecule has 0 bridgehead atoms. The Kier molecular flexibility index (Phi) is 6.45. The normalized spacial score (nSPS) is 13.5. The van der Waals surface area contributed by atoms with Crippen molar-refractivity contribution in [3.63, 3.8) is 0 Å². The molecule has 1 aliphatic rings. The summed E-state index contributed by atoms with van der Waals surface area (Å²) < 4.78 is 5.43. The minimum absolute atomic E-state index is 0.307. The van der Waals surface area contributed by atoms with E-state index in [0.717, 1.165) is 43.2 Å². The van der Waals surface area contributed by atoms with Crippen LogP contribution < -0.4 is 15.5 Å². The van der Waals surface area contributed by atoms with Crippen LogP contribution in [0.25, 0.3) is 11.3 Å². The van der Waals surface area contributed by atoms with Crippen molar-refractivity contribution in [2.75, 3.05) is 41.8 Å². The van der Waals surface area contributed by atoms with Crippen LogP contribution in [0, 0.1) is 0 Å². The lowest BCUT2D eigenvalue weighted by atomic mass is 10.1. The molecule has 1 aromatic heterocycles. The highest BCUT2D eigenvalue weighted by Gasteiger charge is 2.12. The number of carbonyl (C=O) groups is 1. The molecule has 0 atom stereocenters. The number of carbonyl (C=O) groups excluding carboxylic acids is 1. The lowest BCUT2D eigenvalue weighted by Crippen LogP contribution is -2.36. The Morgan fingerprint density at radius 1 is 1.13 bits per heavy atom. The first-order valence-electron chi connectivity index (χ1n) is 9.88. The number of ether oxygens (including phenoxy) is 1. The van der Waals surface area contributed by atoms with Crippen LogP contribution in [0.4, 0.5) is 23.0 Å². The minimum atomic E-state index is -0.307. The number of aromatic nitrogens is 2. The van der Waals surface area contributed by atoms with Gasteiger partial charge >= 0.3 is 0 Å². The van der Waals surface area contributed by atoms with E-state index in [-0.39, 0.29) is 5.91 Å². The minimum Gasteiger partial charge on any atom is -0.378 e. The van der Waals surface area contributed by atoms with E-state index in [9.17, 15) is 4.79 Å². The second kappa shape index (κ2) is 9.59. The van der Waals surface area contributed by atoms with Gasteiger partial charge in [-0.3, -0.25) is 4.79 Å². The summed E-state index contributed by atoms with van der Waals surface area (Å²) in [7, 11) is 0. The van der Waals surface area contributed by atoms with Crippen LogP contribution in [0.2, 0.25) is 5.02 Å². The fourth-order valence-corrected chi connectivity index (χ4v) is 3.55. The van der Waals surface area contributed by atoms with Crippen molar-refractivity contribution in [1.82, 2.24) is 9.97 Å². The summed E-state index contributed by atoms with van der Waals surface area (Å²) in [5.74, 6) is 0.159. The Morgan fingerprint density at radius 2 is 1.97 bits per heavy atom. The zero-order valence-electron chi connectivity index (χ0n) is 16.8. The molecule has 2 aromatic carbocycles. The maximum atomic E-state index is 11.6. The number of nitrogens with zero attached hydrogens (tertiary/aromatic N) is 3. The molecule has 2 N–H and O–H groups in total. The summed E-state index contributed by atoms with van der Waals surface area (Å²) >= 11 is 6.24. The van der Waals surface area contributed by atoms with Crippen molar-refractivity contribution in [1.29, 1.82) is 0 Å². The largest absolute Gasteiger partial charge is 0.378 e. The van der Waals surface area contributed by atoms with Crippen LogP contribution in [0.5, 0.6) is 0 Å². The van der Waals surface area contributed by atoms with Gasteiger partial charge in [-0.05, 0) is 48.5 Å². The number of hydrogen-bond donors (Lipinski definition) is 2. The van der Waals surface area contributed by atoms with E-state index in [2.05, 4.69) is 44.2 Å². The topological polar surface area (TPSA) is 79.4 Å². The van der Waals surface area contributed by atoms with Crippen LogP contribution in [0.1, 0.15) is 0 Å². The average Bonchev–Trinajstić information content (AvgIpc) is 2.79. The fourth-order valence-electron chi connectivity index (χ4n) is 3.31. The SMILES string of the molecule is C=CC(=O)Nc1cc(Cl)cc(-c2ccnc(Nc3cccc(N4CCOCC4)c3)n2)c1. The average molecular weight is 436 g/mol. The van der Waals surface area contributed by atoms with Crippen molar-refractivity contribution >= 4 is 40.5 Å². The summed E-state index contributed by atoms with van der Waals surface area (Å²) in [6.45, 7) is 6.67. The summed E-state index contributed by atoms with van der Waals surface area (Å²) in [5.41, 5.74) is 4.03. The Bertz CT molecular complexity index is 1100. The van der Waals surface area contributed by atoms with Crippen molar-refractivity contribution in [3.05, 3.63) is 72.4 Å². The van der Waals surface area contributed by atoms with E-state index in [1.54, 1.807) is 30.5 Å². The molecular weight excluding hydrogens is 414 g/mol. The van der Waals surface area contributed by atoms with Crippen molar-refractivity contribution in [3.8, 4) is 11.3 Å². The van der Waals surface area contributed by atoms with E-state index in [1.165, 1.54) is 6.08 Å². The molecule has 0 unspecified atom stereocenters. The lowest BCUT2D eigenvalue weighted by Gasteiger charge is -2.29. The first-order chi connectivity index (χ1) is 15.1. The van der Waals surface area contributed by atoms with E-state index in [4.69, 9.17) is 16.3 Å². The van der Waals surface area contributed by atoms with Gasteiger partial charge in [0.25, 0.3) is 0 Å². The number of morpholine rings is 1. The second-order valence-corrected chi connectivity index (χ2v) is 7.40. The van der Waals surface area contributed by atoms with Gasteiger partial charge in [0, 0.05) is 46.9 Å². The molecule has 2 heterocycles. The van der Waals surface area contributed by atoms with Gasteiger partial charge in [-0.2, -0.15) is 0 Å². The molecule has 1 aliphatic heterocycles. The third-order valence-electron chi connectivity index (χ3n) is 4.78. The molecule has 0 saturated carbocycles. The zero-order valence-corrected chi connectivity index (χ0v) is 17.6. The van der Waals surface area contributed by atoms with Gasteiger partial charge in [0.15, 0.2) is 0 Å². The third-order valence-corrected chi connectivity index (χ3v) is 5.00. The molecule has 8 heteroatoms. The van der Waals surface area contributed by atoms with Crippen molar-refractivity contribution in [2.24, 2.45) is 0 Å². The van der Waals surface area contributed by atoms with Crippen LogP contribution in [-0.2, 0) is 9.53 Å². The maximum absolute atomic E-state index is 11.6. The van der Waals surface area contributed by atoms with Crippen molar-refractivity contribution in [2.45, 2.75) is 0 Å². The van der Waals surface area contributed by atoms with Gasteiger partial charge in [0.05, 0.1) is 18.9 Å². The summed E-state index contributed by atoms with van der Waals surface area (Å²) in [6.07, 6.45) is 2.89. The fraction of sp³-hybridized carbons (Fsp3) is 0.174. The van der Waals surface area contributed by atoms with Crippen LogP contribution in [0.15, 0.2) is 67.4 Å². The number of rotatable bonds is 6. The molecule has 0 radical (unpaired) electrons. The number of nitrogens with one attached hydrogen (secondary N) is 2. The molecule has 0 spiro atoms. The van der Waals surface area contributed by atoms with Crippen molar-refractivity contribution < 1.29 is 9.53 Å². The molecule has 158 valence electrons. The lowest BCUT2D eigenvalue weighted by molar-refractivity contribution is -0.111. The second-order valence-electron chi connectivity index (χ2n) is 6.96. The van der Waals surface area contributed by atoms with Gasteiger partial charge < -0.3 is 20.3 Å². The number of anilines is 4. The third kappa shape index (κ3) is 5.39. The predicted octanol–water partition coefficient (Wildman–Crippen LogP) is 4.50. The summed E-state index contributed by atoms with van der Waals surface area (Å²) in [4.78, 5) is 22.9. The molecule has 0 aliphatic carbocycles. The highest BCUT2D eigenvalue weighted by molar-refractivity contribution is 6.31. The van der Waals surface area contributed by atoms with Crippen LogP contribution in [0.3, 0.4) is 0 Å². The Balaban J connectivity index is 1.55. The maximum Gasteiger partial charge on any atom is 0.247 e. The number of halogens is 1. The standard InChI is InChI=1S/C23H22ClN5O2/c1-2-22(30)26-19-13-16(12-17(24)14-19)21-6-7-25-23(28-21)27-18-4-3-5-20(15-18)29-8-10-31-11-9-29/h2-7,12-15H,1,8-11H2,(H,26,30)(H,25,27,28). The summed E-state index contributed by atoms with van der Waals surface area (Å²) in [5, 5.41) is 6.48. The zero-order chi connectivity index (χ0) is 21.6. The van der Waals surface area contributed by atoms with Gasteiger partial charge in [-0.15, -0.1) is 0 Å². The number of hydrogen-bond acceptors (Lipinski definition) is 6. The molecule has 31 heavy (non-hydrogen) atoms. The highest BCUT2D eigenvalue weighted by atomic mass is 35.5. The van der Waals surface area contributed by atoms with E-state index < -0.39 is 0 Å². The monoisotopic (exact) mass is 435 g/mol. The van der Waals surface area contributed by atoms with Crippen LogP contribution >= 0.6 is 11.6 Å². The Morgan fingerprint density at radius 3 is 2.77 bits per heavy atom. The summed E-state index contributed by atoms with van der Waals surface area (Å²) in [6, 6.07) is 15.2. The Labute approximate surface area is 185 Å². The number of amides is 1. The Hall–Kier alpha value is -3.42. The smallest absolute Gasteiger partial charge is 0.247 e. The highest BCUT2D eigenvalue weighted by Crippen LogP contribution is 2.28. The molecule has 7 nitrogen and oxygen atoms in total. The first-order valence-corrected chi connectivity index (χ1v) is 10.3. The predicted molar refractivity (Wildman–Crippen MR) is 124 cm³/mol. The van der Waals surface area contributed by atoms with Gasteiger partial charge in [0.1, 0.15) is 0 Å². The van der Waals surface area contributed by atoms with E-state index in [0.29, 0.717) is 22.4 Å². The quantitative estimate of drug-likeness (QED) is 0.555. The van der Waals surface area contributed by atoms with E-state index >= 15 is 0 Å².